The Labute approximate surface area is 87.1 Å². The lowest BCUT2D eigenvalue weighted by Gasteiger charge is -2.16. The smallest absolute Gasteiger partial charge is 0.00655 e. The molecule has 0 nitrogen and oxygen atoms in total. The minimum atomic E-state index is 0.770. The molecule has 12 heavy (non-hydrogen) atoms. The Bertz CT molecular complexity index is 204. The van der Waals surface area contributed by atoms with E-state index in [9.17, 15) is 0 Å². The molecule has 1 heterocycles. The van der Waals surface area contributed by atoms with Crippen molar-refractivity contribution in [2.45, 2.75) is 20.3 Å². The maximum Gasteiger partial charge on any atom is 0.00655 e. The lowest BCUT2D eigenvalue weighted by atomic mass is 9.94. The monoisotopic (exact) mass is 246 g/mol. The topological polar surface area (TPSA) is 0 Å². The van der Waals surface area contributed by atoms with E-state index in [4.69, 9.17) is 0 Å². The van der Waals surface area contributed by atoms with Crippen LogP contribution in [0.4, 0.5) is 0 Å². The first kappa shape index (κ1) is 10.3. The van der Waals surface area contributed by atoms with Crippen molar-refractivity contribution in [2.24, 2.45) is 11.8 Å². The first-order chi connectivity index (χ1) is 5.74. The third-order valence-electron chi connectivity index (χ3n) is 2.18. The van der Waals surface area contributed by atoms with Crippen molar-refractivity contribution >= 4 is 27.3 Å². The third kappa shape index (κ3) is 2.91. The third-order valence-corrected chi connectivity index (χ3v) is 3.91. The van der Waals surface area contributed by atoms with Gasteiger partial charge in [0.15, 0.2) is 0 Å². The highest BCUT2D eigenvalue weighted by Gasteiger charge is 2.12. The fourth-order valence-electron chi connectivity index (χ4n) is 1.16. The molecular weight excluding hydrogens is 232 g/mol. The zero-order valence-corrected chi connectivity index (χ0v) is 9.99. The summed E-state index contributed by atoms with van der Waals surface area (Å²) in [5.41, 5.74) is 0. The van der Waals surface area contributed by atoms with Crippen LogP contribution in [0.2, 0.25) is 0 Å². The SMILES string of the molecule is CC(C)C(CBr)Cc1cccs1. The van der Waals surface area contributed by atoms with Crippen LogP contribution >= 0.6 is 27.3 Å². The largest absolute Gasteiger partial charge is 0.149 e. The minimum Gasteiger partial charge on any atom is -0.149 e. The first-order valence-electron chi connectivity index (χ1n) is 4.32. The van der Waals surface area contributed by atoms with Gasteiger partial charge >= 0.3 is 0 Å². The zero-order valence-electron chi connectivity index (χ0n) is 7.59. The quantitative estimate of drug-likeness (QED) is 0.706. The van der Waals surface area contributed by atoms with Gasteiger partial charge in [0.25, 0.3) is 0 Å². The summed E-state index contributed by atoms with van der Waals surface area (Å²) in [4.78, 5) is 1.51. The molecule has 1 aromatic rings. The molecule has 2 heteroatoms. The number of thiophene rings is 1. The van der Waals surface area contributed by atoms with Crippen LogP contribution in [0, 0.1) is 11.8 Å². The standard InChI is InChI=1S/C10H15BrS/c1-8(2)9(7-11)6-10-4-3-5-12-10/h3-5,8-9H,6-7H2,1-2H3. The molecule has 1 rings (SSSR count). The van der Waals surface area contributed by atoms with Gasteiger partial charge in [0, 0.05) is 10.2 Å². The van der Waals surface area contributed by atoms with Gasteiger partial charge in [-0.25, -0.2) is 0 Å². The van der Waals surface area contributed by atoms with E-state index in [2.05, 4.69) is 47.3 Å². The molecule has 0 saturated carbocycles. The predicted octanol–water partition coefficient (Wildman–Crippen LogP) is 3.96. The van der Waals surface area contributed by atoms with Gasteiger partial charge in [-0.2, -0.15) is 0 Å². The van der Waals surface area contributed by atoms with Gasteiger partial charge in [-0.15, -0.1) is 11.3 Å². The van der Waals surface area contributed by atoms with E-state index in [1.165, 1.54) is 11.3 Å². The second-order valence-electron chi connectivity index (χ2n) is 3.44. The summed E-state index contributed by atoms with van der Waals surface area (Å²) in [6.07, 6.45) is 1.22. The Morgan fingerprint density at radius 1 is 1.50 bits per heavy atom. The second-order valence-corrected chi connectivity index (χ2v) is 5.12. The van der Waals surface area contributed by atoms with E-state index in [0.717, 1.165) is 17.2 Å². The Morgan fingerprint density at radius 2 is 2.25 bits per heavy atom. The number of alkyl halides is 1. The van der Waals surface area contributed by atoms with Crippen molar-refractivity contribution < 1.29 is 0 Å². The zero-order chi connectivity index (χ0) is 8.97. The van der Waals surface area contributed by atoms with Gasteiger partial charge in [-0.3, -0.25) is 0 Å². The summed E-state index contributed by atoms with van der Waals surface area (Å²) < 4.78 is 0. The van der Waals surface area contributed by atoms with Crippen LogP contribution in [-0.4, -0.2) is 5.33 Å². The summed E-state index contributed by atoms with van der Waals surface area (Å²) in [7, 11) is 0. The van der Waals surface area contributed by atoms with E-state index in [1.54, 1.807) is 0 Å². The lowest BCUT2D eigenvalue weighted by molar-refractivity contribution is 0.429. The fourth-order valence-corrected chi connectivity index (χ4v) is 2.93. The molecule has 0 amide bonds. The van der Waals surface area contributed by atoms with Crippen LogP contribution in [0.25, 0.3) is 0 Å². The van der Waals surface area contributed by atoms with Crippen LogP contribution in [0.15, 0.2) is 17.5 Å². The van der Waals surface area contributed by atoms with E-state index in [-0.39, 0.29) is 0 Å². The van der Waals surface area contributed by atoms with Gasteiger partial charge in [-0.1, -0.05) is 35.8 Å². The number of hydrogen-bond donors (Lipinski definition) is 0. The second kappa shape index (κ2) is 5.03. The Hall–Kier alpha value is 0.180. The molecule has 0 bridgehead atoms. The molecule has 68 valence electrons. The molecular formula is C10H15BrS. The molecule has 0 radical (unpaired) electrons. The molecule has 0 spiro atoms. The highest BCUT2D eigenvalue weighted by atomic mass is 79.9. The summed E-state index contributed by atoms with van der Waals surface area (Å²) in [6, 6.07) is 4.36. The molecule has 0 saturated heterocycles. The van der Waals surface area contributed by atoms with Gasteiger partial charge < -0.3 is 0 Å². The molecule has 0 aromatic carbocycles. The predicted molar refractivity (Wildman–Crippen MR) is 60.1 cm³/mol. The normalized spacial score (nSPS) is 13.7. The Balaban J connectivity index is 2.48. The summed E-state index contributed by atoms with van der Waals surface area (Å²) in [5, 5.41) is 3.27. The Kier molecular flexibility index (Phi) is 4.30. The van der Waals surface area contributed by atoms with Crippen molar-refractivity contribution in [3.63, 3.8) is 0 Å². The Morgan fingerprint density at radius 3 is 2.67 bits per heavy atom. The van der Waals surface area contributed by atoms with E-state index in [0.29, 0.717) is 0 Å². The van der Waals surface area contributed by atoms with Crippen molar-refractivity contribution in [2.75, 3.05) is 5.33 Å². The molecule has 0 aliphatic rings. The van der Waals surface area contributed by atoms with Gasteiger partial charge in [0.1, 0.15) is 0 Å². The van der Waals surface area contributed by atoms with Crippen LogP contribution in [-0.2, 0) is 6.42 Å². The summed E-state index contributed by atoms with van der Waals surface area (Å²) >= 11 is 5.43. The maximum absolute atomic E-state index is 3.57. The molecule has 0 aliphatic carbocycles. The van der Waals surface area contributed by atoms with Crippen LogP contribution < -0.4 is 0 Å². The highest BCUT2D eigenvalue weighted by Crippen LogP contribution is 2.21. The van der Waals surface area contributed by atoms with Gasteiger partial charge in [0.05, 0.1) is 0 Å². The average molecular weight is 247 g/mol. The van der Waals surface area contributed by atoms with E-state index in [1.807, 2.05) is 11.3 Å². The van der Waals surface area contributed by atoms with Crippen LogP contribution in [0.3, 0.4) is 0 Å². The van der Waals surface area contributed by atoms with Crippen LogP contribution in [0.1, 0.15) is 18.7 Å². The molecule has 1 aromatic heterocycles. The summed E-state index contributed by atoms with van der Waals surface area (Å²) in [6.45, 7) is 4.58. The highest BCUT2D eigenvalue weighted by molar-refractivity contribution is 9.09. The van der Waals surface area contributed by atoms with Gasteiger partial charge in [0.2, 0.25) is 0 Å². The molecule has 0 N–H and O–H groups in total. The maximum atomic E-state index is 3.57. The molecule has 1 atom stereocenters. The molecule has 0 fully saturated rings. The fraction of sp³-hybridized carbons (Fsp3) is 0.600. The van der Waals surface area contributed by atoms with Gasteiger partial charge in [-0.05, 0) is 29.7 Å². The van der Waals surface area contributed by atoms with Crippen LogP contribution in [0.5, 0.6) is 0 Å². The lowest BCUT2D eigenvalue weighted by Crippen LogP contribution is -2.12. The number of rotatable bonds is 4. The average Bonchev–Trinajstić information content (AvgIpc) is 2.51. The van der Waals surface area contributed by atoms with Crippen molar-refractivity contribution in [1.29, 1.82) is 0 Å². The molecule has 1 unspecified atom stereocenters. The number of halogens is 1. The van der Waals surface area contributed by atoms with Crippen molar-refractivity contribution in [1.82, 2.24) is 0 Å². The van der Waals surface area contributed by atoms with Crippen molar-refractivity contribution in [3.05, 3.63) is 22.4 Å². The molecule has 0 aliphatic heterocycles. The summed E-state index contributed by atoms with van der Waals surface area (Å²) in [5.74, 6) is 1.55. The first-order valence-corrected chi connectivity index (χ1v) is 6.32. The minimum absolute atomic E-state index is 0.770. The van der Waals surface area contributed by atoms with E-state index >= 15 is 0 Å². The van der Waals surface area contributed by atoms with E-state index < -0.39 is 0 Å². The number of hydrogen-bond acceptors (Lipinski definition) is 1. The van der Waals surface area contributed by atoms with Crippen molar-refractivity contribution in [3.8, 4) is 0 Å².